The van der Waals surface area contributed by atoms with Gasteiger partial charge in [0, 0.05) is 29.2 Å². The number of carboxylic acids is 1. The zero-order chi connectivity index (χ0) is 15.2. The first-order valence-electron chi connectivity index (χ1n) is 7.76. The maximum atomic E-state index is 10.8. The van der Waals surface area contributed by atoms with Crippen LogP contribution in [0, 0.1) is 5.92 Å². The van der Waals surface area contributed by atoms with Crippen LogP contribution in [0.2, 0.25) is 0 Å². The van der Waals surface area contributed by atoms with Crippen LogP contribution >= 0.6 is 11.8 Å². The number of hydrogen-bond acceptors (Lipinski definition) is 3. The van der Waals surface area contributed by atoms with E-state index in [-0.39, 0.29) is 5.92 Å². The van der Waals surface area contributed by atoms with E-state index in [1.54, 1.807) is 6.92 Å². The molecule has 0 spiro atoms. The van der Waals surface area contributed by atoms with Crippen LogP contribution < -0.4 is 5.32 Å². The number of carboxylic acid groups (broad SMARTS) is 1. The van der Waals surface area contributed by atoms with Gasteiger partial charge in [-0.1, -0.05) is 31.5 Å². The third-order valence-electron chi connectivity index (χ3n) is 4.21. The average molecular weight is 307 g/mol. The second kappa shape index (κ2) is 7.85. The molecule has 0 saturated heterocycles. The number of hydrogen-bond donors (Lipinski definition) is 2. The number of carbonyl (C=O) groups is 1. The van der Waals surface area contributed by atoms with E-state index in [2.05, 4.69) is 36.5 Å². The van der Waals surface area contributed by atoms with Crippen LogP contribution in [-0.2, 0) is 4.79 Å². The fraction of sp³-hybridized carbons (Fsp3) is 0.588. The summed E-state index contributed by atoms with van der Waals surface area (Å²) in [5, 5.41) is 12.5. The molecule has 1 aromatic rings. The highest BCUT2D eigenvalue weighted by molar-refractivity contribution is 7.99. The molecule has 0 amide bonds. The normalized spacial score (nSPS) is 20.0. The Bertz CT molecular complexity index is 478. The van der Waals surface area contributed by atoms with Crippen LogP contribution in [0.25, 0.3) is 0 Å². The minimum Gasteiger partial charge on any atom is -0.481 e. The zero-order valence-corrected chi connectivity index (χ0v) is 13.7. The molecule has 21 heavy (non-hydrogen) atoms. The summed E-state index contributed by atoms with van der Waals surface area (Å²) in [6.45, 7) is 4.99. The van der Waals surface area contributed by atoms with Crippen molar-refractivity contribution in [2.24, 2.45) is 5.92 Å². The van der Waals surface area contributed by atoms with Gasteiger partial charge in [-0.15, -0.1) is 11.8 Å². The summed E-state index contributed by atoms with van der Waals surface area (Å²) in [6, 6.07) is 9.11. The number of rotatable bonds is 8. The van der Waals surface area contributed by atoms with Gasteiger partial charge in [0.2, 0.25) is 0 Å². The van der Waals surface area contributed by atoms with E-state index in [4.69, 9.17) is 5.11 Å². The van der Waals surface area contributed by atoms with Crippen LogP contribution in [-0.4, -0.2) is 29.4 Å². The van der Waals surface area contributed by atoms with Crippen molar-refractivity contribution in [2.75, 3.05) is 12.3 Å². The molecule has 1 aromatic carbocycles. The molecular formula is C17H25NO2S. The lowest BCUT2D eigenvalue weighted by atomic mass is 9.99. The van der Waals surface area contributed by atoms with E-state index in [1.807, 2.05) is 11.8 Å². The molecule has 2 N–H and O–H groups in total. The molecule has 0 saturated carbocycles. The van der Waals surface area contributed by atoms with Crippen molar-refractivity contribution >= 4 is 17.7 Å². The monoisotopic (exact) mass is 307 g/mol. The minimum absolute atomic E-state index is 0.227. The number of aliphatic carboxylic acids is 1. The summed E-state index contributed by atoms with van der Waals surface area (Å²) < 4.78 is 0. The lowest BCUT2D eigenvalue weighted by molar-refractivity contribution is -0.141. The molecule has 0 radical (unpaired) electrons. The zero-order valence-electron chi connectivity index (χ0n) is 12.8. The molecule has 1 aliphatic heterocycles. The van der Waals surface area contributed by atoms with Gasteiger partial charge in [-0.2, -0.15) is 0 Å². The van der Waals surface area contributed by atoms with Gasteiger partial charge in [0.25, 0.3) is 0 Å². The molecule has 3 atom stereocenters. The van der Waals surface area contributed by atoms with E-state index >= 15 is 0 Å². The van der Waals surface area contributed by atoms with Gasteiger partial charge in [0.05, 0.1) is 5.92 Å². The predicted octanol–water partition coefficient (Wildman–Crippen LogP) is 3.75. The van der Waals surface area contributed by atoms with Crippen LogP contribution in [0.15, 0.2) is 29.2 Å². The minimum atomic E-state index is -0.685. The summed E-state index contributed by atoms with van der Waals surface area (Å²) in [7, 11) is 0. The van der Waals surface area contributed by atoms with Crippen molar-refractivity contribution in [3.63, 3.8) is 0 Å². The second-order valence-electron chi connectivity index (χ2n) is 6.03. The van der Waals surface area contributed by atoms with E-state index in [9.17, 15) is 4.79 Å². The largest absolute Gasteiger partial charge is 0.481 e. The second-order valence-corrected chi connectivity index (χ2v) is 7.09. The molecule has 0 fully saturated rings. The molecule has 1 aliphatic rings. The van der Waals surface area contributed by atoms with E-state index in [0.717, 1.165) is 31.6 Å². The highest BCUT2D eigenvalue weighted by Gasteiger charge is 2.22. The van der Waals surface area contributed by atoms with Crippen molar-refractivity contribution in [1.82, 2.24) is 5.32 Å². The third kappa shape index (κ3) is 4.75. The molecule has 3 unspecified atom stereocenters. The Morgan fingerprint density at radius 3 is 2.90 bits per heavy atom. The van der Waals surface area contributed by atoms with Crippen molar-refractivity contribution in [3.8, 4) is 0 Å². The quantitative estimate of drug-likeness (QED) is 0.768. The van der Waals surface area contributed by atoms with Crippen molar-refractivity contribution in [2.45, 2.75) is 50.0 Å². The first-order chi connectivity index (χ1) is 10.1. The fourth-order valence-corrected chi connectivity index (χ4v) is 3.95. The Kier molecular flexibility index (Phi) is 6.12. The molecule has 0 bridgehead atoms. The Hall–Kier alpha value is -1.00. The van der Waals surface area contributed by atoms with E-state index in [0.29, 0.717) is 12.0 Å². The van der Waals surface area contributed by atoms with E-state index < -0.39 is 5.97 Å². The molecule has 4 heteroatoms. The number of nitrogens with one attached hydrogen (secondary N) is 1. The van der Waals surface area contributed by atoms with Crippen LogP contribution in [0.1, 0.15) is 44.6 Å². The van der Waals surface area contributed by atoms with Gasteiger partial charge in [0.1, 0.15) is 0 Å². The Morgan fingerprint density at radius 2 is 2.14 bits per heavy atom. The van der Waals surface area contributed by atoms with Gasteiger partial charge in [-0.3, -0.25) is 4.79 Å². The number of fused-ring (bicyclic) bond motifs is 1. The maximum Gasteiger partial charge on any atom is 0.306 e. The van der Waals surface area contributed by atoms with Gasteiger partial charge in [-0.25, -0.2) is 0 Å². The molecule has 1 heterocycles. The summed E-state index contributed by atoms with van der Waals surface area (Å²) in [6.07, 6.45) is 2.78. The highest BCUT2D eigenvalue weighted by atomic mass is 32.2. The fourth-order valence-electron chi connectivity index (χ4n) is 2.70. The van der Waals surface area contributed by atoms with Gasteiger partial charge in [0.15, 0.2) is 0 Å². The van der Waals surface area contributed by atoms with E-state index in [1.165, 1.54) is 10.5 Å². The standard InChI is InChI=1S/C17H25NO2S/c1-12(17(19)20)6-5-7-13(2)18-10-14-11-21-16-9-4-3-8-15(14)16/h3-4,8-9,12-14,18H,5-7,10-11H2,1-2H3,(H,19,20). The number of thioether (sulfide) groups is 1. The molecule has 0 aromatic heterocycles. The van der Waals surface area contributed by atoms with Crippen LogP contribution in [0.4, 0.5) is 0 Å². The summed E-state index contributed by atoms with van der Waals surface area (Å²) in [5.74, 6) is 0.854. The lowest BCUT2D eigenvalue weighted by Crippen LogP contribution is -2.30. The lowest BCUT2D eigenvalue weighted by Gasteiger charge is -2.18. The van der Waals surface area contributed by atoms with Crippen LogP contribution in [0.5, 0.6) is 0 Å². The number of benzene rings is 1. The predicted molar refractivity (Wildman–Crippen MR) is 88.0 cm³/mol. The Balaban J connectivity index is 1.68. The van der Waals surface area contributed by atoms with Crippen molar-refractivity contribution < 1.29 is 9.90 Å². The van der Waals surface area contributed by atoms with Gasteiger partial charge in [-0.05, 0) is 31.4 Å². The van der Waals surface area contributed by atoms with Gasteiger partial charge >= 0.3 is 5.97 Å². The summed E-state index contributed by atoms with van der Waals surface area (Å²) >= 11 is 1.95. The SMILES string of the molecule is CC(CCCC(C)C(=O)O)NCC1CSc2ccccc21. The van der Waals surface area contributed by atoms with Crippen LogP contribution in [0.3, 0.4) is 0 Å². The third-order valence-corrected chi connectivity index (χ3v) is 5.46. The Morgan fingerprint density at radius 1 is 1.38 bits per heavy atom. The smallest absolute Gasteiger partial charge is 0.306 e. The Labute approximate surface area is 131 Å². The molecule has 0 aliphatic carbocycles. The molecule has 116 valence electrons. The maximum absolute atomic E-state index is 10.8. The highest BCUT2D eigenvalue weighted by Crippen LogP contribution is 2.38. The molecule has 2 rings (SSSR count). The summed E-state index contributed by atoms with van der Waals surface area (Å²) in [4.78, 5) is 12.2. The van der Waals surface area contributed by atoms with Crippen molar-refractivity contribution in [1.29, 1.82) is 0 Å². The molecular weight excluding hydrogens is 282 g/mol. The van der Waals surface area contributed by atoms with Crippen molar-refractivity contribution in [3.05, 3.63) is 29.8 Å². The first kappa shape index (κ1) is 16.4. The topological polar surface area (TPSA) is 49.3 Å². The summed E-state index contributed by atoms with van der Waals surface area (Å²) in [5.41, 5.74) is 1.47. The average Bonchev–Trinajstić information content (AvgIpc) is 2.88. The molecule has 3 nitrogen and oxygen atoms in total. The first-order valence-corrected chi connectivity index (χ1v) is 8.74. The van der Waals surface area contributed by atoms with Gasteiger partial charge < -0.3 is 10.4 Å².